The lowest BCUT2D eigenvalue weighted by Gasteiger charge is -2.40. The van der Waals surface area contributed by atoms with Crippen molar-refractivity contribution in [3.05, 3.63) is 207 Å². The topological polar surface area (TPSA) is 20.2 Å². The third kappa shape index (κ3) is 7.51. The van der Waals surface area contributed by atoms with Crippen LogP contribution in [0.5, 0.6) is 5.75 Å². The van der Waals surface area contributed by atoms with Crippen molar-refractivity contribution in [2.45, 2.75) is 122 Å². The van der Waals surface area contributed by atoms with Crippen LogP contribution in [-0.4, -0.2) is 5.11 Å². The molecule has 0 amide bonds. The van der Waals surface area contributed by atoms with Crippen LogP contribution in [0.15, 0.2) is 146 Å². The van der Waals surface area contributed by atoms with Crippen LogP contribution in [0, 0.1) is 5.41 Å². The highest BCUT2D eigenvalue weighted by atomic mass is 16.3. The van der Waals surface area contributed by atoms with E-state index in [9.17, 15) is 5.11 Å². The van der Waals surface area contributed by atoms with Gasteiger partial charge < -0.3 is 5.11 Å². The maximum Gasteiger partial charge on any atom is 0.123 e. The highest BCUT2D eigenvalue weighted by Crippen LogP contribution is 2.56. The van der Waals surface area contributed by atoms with Gasteiger partial charge in [-0.25, -0.2) is 0 Å². The first-order valence-corrected chi connectivity index (χ1v) is 21.1. The first kappa shape index (κ1) is 40.3. The predicted molar refractivity (Wildman–Crippen MR) is 242 cm³/mol. The number of rotatable bonds is 11. The van der Waals surface area contributed by atoms with Crippen molar-refractivity contribution in [2.75, 3.05) is 0 Å². The van der Waals surface area contributed by atoms with Crippen LogP contribution in [-0.2, 0) is 21.7 Å². The zero-order valence-corrected chi connectivity index (χ0v) is 36.4. The van der Waals surface area contributed by atoms with Gasteiger partial charge in [0.15, 0.2) is 0 Å². The molecule has 1 N–H and O–H groups in total. The summed E-state index contributed by atoms with van der Waals surface area (Å²) in [5.41, 5.74) is 12.3. The van der Waals surface area contributed by atoms with Crippen molar-refractivity contribution in [3.63, 3.8) is 0 Å². The molecule has 0 aliphatic heterocycles. The Balaban J connectivity index is 1.59. The molecule has 6 aromatic rings. The van der Waals surface area contributed by atoms with Gasteiger partial charge in [0.1, 0.15) is 5.75 Å². The lowest BCUT2D eigenvalue weighted by molar-refractivity contribution is 0.342. The molecule has 1 nitrogen and oxygen atoms in total. The molecule has 7 rings (SSSR count). The van der Waals surface area contributed by atoms with E-state index in [1.54, 1.807) is 0 Å². The fourth-order valence-electron chi connectivity index (χ4n) is 9.50. The SMILES string of the molecule is CC(C)(c1ccccc1)c1cc(C(c2cc(C(C)(C)c3ccccc3)cc(C(C)(C)c3ccccc3)c2C2CC2)C(C)(C)C)c(O)c(C(C)(C)c2ccccc2)c1. The summed E-state index contributed by atoms with van der Waals surface area (Å²) in [5, 5.41) is 13.1. The Hall–Kier alpha value is -4.88. The number of aromatic hydroxyl groups is 1. The van der Waals surface area contributed by atoms with Crippen molar-refractivity contribution in [1.82, 2.24) is 0 Å². The molecule has 1 unspecified atom stereocenters. The minimum Gasteiger partial charge on any atom is -0.507 e. The number of phenolic OH excluding ortho intramolecular Hbond substituents is 1. The molecule has 294 valence electrons. The third-order valence-electron chi connectivity index (χ3n) is 13.6. The second-order valence-electron chi connectivity index (χ2n) is 20.0. The van der Waals surface area contributed by atoms with Crippen LogP contribution in [0.4, 0.5) is 0 Å². The van der Waals surface area contributed by atoms with Gasteiger partial charge in [-0.3, -0.25) is 0 Å². The molecule has 1 atom stereocenters. The van der Waals surface area contributed by atoms with Crippen LogP contribution in [0.3, 0.4) is 0 Å². The van der Waals surface area contributed by atoms with E-state index in [0.717, 1.165) is 11.1 Å². The molecule has 0 heterocycles. The lowest BCUT2D eigenvalue weighted by Crippen LogP contribution is -2.29. The molecule has 6 aromatic carbocycles. The Morgan fingerprint density at radius 2 is 0.737 bits per heavy atom. The standard InChI is InChI=1S/C56H64O/c1-52(2,3)50(46-35-44(54(6,7)40-26-18-13-19-27-40)37-48(51(46)57)56(10,11)42-30-22-15-23-31-42)45-34-43(53(4,5)39-24-16-12-17-25-39)36-47(49(45)38-32-33-38)55(8,9)41-28-20-14-21-29-41/h12-31,34-38,50,57H,32-33H2,1-11H3. The zero-order chi connectivity index (χ0) is 41.0. The second-order valence-corrected chi connectivity index (χ2v) is 20.0. The fourth-order valence-corrected chi connectivity index (χ4v) is 9.50. The Kier molecular flexibility index (Phi) is 10.5. The molecule has 1 fully saturated rings. The lowest BCUT2D eigenvalue weighted by atomic mass is 9.63. The third-order valence-corrected chi connectivity index (χ3v) is 13.6. The van der Waals surface area contributed by atoms with E-state index in [4.69, 9.17) is 0 Å². The van der Waals surface area contributed by atoms with E-state index in [0.29, 0.717) is 11.7 Å². The first-order chi connectivity index (χ1) is 26.9. The molecule has 1 heteroatoms. The summed E-state index contributed by atoms with van der Waals surface area (Å²) in [5.74, 6) is 0.791. The van der Waals surface area contributed by atoms with Crippen LogP contribution < -0.4 is 0 Å². The van der Waals surface area contributed by atoms with Gasteiger partial charge in [-0.2, -0.15) is 0 Å². The van der Waals surface area contributed by atoms with Crippen LogP contribution in [0.25, 0.3) is 0 Å². The summed E-state index contributed by atoms with van der Waals surface area (Å²) in [6, 6.07) is 53.4. The highest BCUT2D eigenvalue weighted by molar-refractivity contribution is 5.61. The predicted octanol–water partition coefficient (Wildman–Crippen LogP) is 14.8. The van der Waals surface area contributed by atoms with Crippen LogP contribution in [0.1, 0.15) is 162 Å². The van der Waals surface area contributed by atoms with Gasteiger partial charge in [0, 0.05) is 38.7 Å². The molecule has 1 aliphatic rings. The molecule has 57 heavy (non-hydrogen) atoms. The van der Waals surface area contributed by atoms with Gasteiger partial charge >= 0.3 is 0 Å². The van der Waals surface area contributed by atoms with Gasteiger partial charge in [-0.05, 0) is 74.2 Å². The molecule has 0 aromatic heterocycles. The van der Waals surface area contributed by atoms with Crippen molar-refractivity contribution < 1.29 is 5.11 Å². The fraction of sp³-hybridized carbons (Fsp3) is 0.357. The Morgan fingerprint density at radius 1 is 0.404 bits per heavy atom. The Bertz CT molecular complexity index is 2320. The van der Waals surface area contributed by atoms with Gasteiger partial charge in [0.25, 0.3) is 0 Å². The average molecular weight is 753 g/mol. The van der Waals surface area contributed by atoms with Gasteiger partial charge in [-0.1, -0.05) is 222 Å². The van der Waals surface area contributed by atoms with E-state index in [1.807, 2.05) is 0 Å². The largest absolute Gasteiger partial charge is 0.507 e. The Labute approximate surface area is 344 Å². The molecule has 0 radical (unpaired) electrons. The van der Waals surface area contributed by atoms with Gasteiger partial charge in [0.2, 0.25) is 0 Å². The summed E-state index contributed by atoms with van der Waals surface area (Å²) in [4.78, 5) is 0. The van der Waals surface area contributed by atoms with Crippen molar-refractivity contribution in [1.29, 1.82) is 0 Å². The molecule has 1 saturated carbocycles. The van der Waals surface area contributed by atoms with E-state index in [-0.39, 0.29) is 27.6 Å². The van der Waals surface area contributed by atoms with Gasteiger partial charge in [0.05, 0.1) is 0 Å². The quantitative estimate of drug-likeness (QED) is 0.140. The van der Waals surface area contributed by atoms with Crippen molar-refractivity contribution >= 4 is 0 Å². The number of benzene rings is 6. The summed E-state index contributed by atoms with van der Waals surface area (Å²) in [6.07, 6.45) is 2.37. The van der Waals surface area contributed by atoms with E-state index in [1.165, 1.54) is 62.9 Å². The van der Waals surface area contributed by atoms with E-state index < -0.39 is 5.41 Å². The summed E-state index contributed by atoms with van der Waals surface area (Å²) in [6.45, 7) is 25.9. The minimum absolute atomic E-state index is 0.0956. The average Bonchev–Trinajstić information content (AvgIpc) is 4.05. The Morgan fingerprint density at radius 3 is 1.11 bits per heavy atom. The monoisotopic (exact) mass is 752 g/mol. The molecular weight excluding hydrogens is 689 g/mol. The van der Waals surface area contributed by atoms with E-state index >= 15 is 0 Å². The molecular formula is C56H64O. The smallest absolute Gasteiger partial charge is 0.123 e. The number of hydrogen-bond donors (Lipinski definition) is 1. The normalized spacial score (nSPS) is 14.7. The summed E-state index contributed by atoms with van der Waals surface area (Å²) < 4.78 is 0. The molecule has 0 saturated heterocycles. The molecule has 0 bridgehead atoms. The van der Waals surface area contributed by atoms with Crippen LogP contribution >= 0.6 is 0 Å². The van der Waals surface area contributed by atoms with Gasteiger partial charge in [-0.15, -0.1) is 0 Å². The molecule has 1 aliphatic carbocycles. The van der Waals surface area contributed by atoms with Crippen LogP contribution in [0.2, 0.25) is 0 Å². The second kappa shape index (κ2) is 14.8. The minimum atomic E-state index is -0.456. The highest BCUT2D eigenvalue weighted by Gasteiger charge is 2.43. The molecule has 0 spiro atoms. The van der Waals surface area contributed by atoms with Crippen molar-refractivity contribution in [2.24, 2.45) is 5.41 Å². The maximum absolute atomic E-state index is 13.1. The summed E-state index contributed by atoms with van der Waals surface area (Å²) >= 11 is 0. The van der Waals surface area contributed by atoms with Crippen molar-refractivity contribution in [3.8, 4) is 5.75 Å². The number of hydrogen-bond acceptors (Lipinski definition) is 1. The number of phenols is 1. The first-order valence-electron chi connectivity index (χ1n) is 21.1. The van der Waals surface area contributed by atoms with E-state index in [2.05, 4.69) is 222 Å². The summed E-state index contributed by atoms with van der Waals surface area (Å²) in [7, 11) is 0. The zero-order valence-electron chi connectivity index (χ0n) is 36.4. The maximum atomic E-state index is 13.1.